The van der Waals surface area contributed by atoms with Gasteiger partial charge in [-0.05, 0) is 29.7 Å². The second kappa shape index (κ2) is 8.11. The minimum Gasteiger partial charge on any atom is -0.334 e. The molecule has 0 spiro atoms. The van der Waals surface area contributed by atoms with Crippen LogP contribution >= 0.6 is 0 Å². The van der Waals surface area contributed by atoms with Gasteiger partial charge in [-0.2, -0.15) is 0 Å². The number of hydrogen-bond donors (Lipinski definition) is 2. The van der Waals surface area contributed by atoms with E-state index in [0.717, 1.165) is 16.7 Å². The second-order valence-electron chi connectivity index (χ2n) is 5.94. The van der Waals surface area contributed by atoms with Crippen molar-refractivity contribution in [3.63, 3.8) is 0 Å². The quantitative estimate of drug-likeness (QED) is 0.743. The number of aromatic nitrogens is 1. The molecule has 0 bridgehead atoms. The Bertz CT molecular complexity index is 802. The van der Waals surface area contributed by atoms with Gasteiger partial charge in [0.25, 0.3) is 0 Å². The van der Waals surface area contributed by atoms with Crippen molar-refractivity contribution in [2.24, 2.45) is 0 Å². The van der Waals surface area contributed by atoms with E-state index in [0.29, 0.717) is 6.54 Å². The van der Waals surface area contributed by atoms with Crippen LogP contribution in [0.1, 0.15) is 28.3 Å². The minimum atomic E-state index is -0.210. The molecule has 2 amide bonds. The van der Waals surface area contributed by atoms with Gasteiger partial charge in [0.15, 0.2) is 0 Å². The van der Waals surface area contributed by atoms with E-state index in [1.165, 1.54) is 5.56 Å². The van der Waals surface area contributed by atoms with Crippen LogP contribution in [0.3, 0.4) is 0 Å². The average Bonchev–Trinajstić information content (AvgIpc) is 2.67. The molecule has 4 nitrogen and oxygen atoms in total. The Labute approximate surface area is 147 Å². The summed E-state index contributed by atoms with van der Waals surface area (Å²) in [6, 6.07) is 21.6. The smallest absolute Gasteiger partial charge is 0.315 e. The number of benzene rings is 2. The zero-order chi connectivity index (χ0) is 17.5. The number of nitrogens with zero attached hydrogens (tertiary/aromatic N) is 1. The van der Waals surface area contributed by atoms with Crippen molar-refractivity contribution in [3.8, 4) is 0 Å². The molecule has 3 rings (SSSR count). The fourth-order valence-electron chi connectivity index (χ4n) is 2.63. The topological polar surface area (TPSA) is 54.0 Å². The van der Waals surface area contributed by atoms with Crippen LogP contribution in [0, 0.1) is 6.92 Å². The standard InChI is InChI=1S/C21H21N3O/c1-16-9-11-19(12-10-16)20(18-7-3-2-4-8-18)24-21(25)23-15-17-6-5-13-22-14-17/h2-14,20H,15H2,1H3,(H2,23,24,25). The third-order valence-corrected chi connectivity index (χ3v) is 3.99. The third kappa shape index (κ3) is 4.67. The second-order valence-corrected chi connectivity index (χ2v) is 5.94. The Morgan fingerprint density at radius 3 is 2.36 bits per heavy atom. The first kappa shape index (κ1) is 16.7. The third-order valence-electron chi connectivity index (χ3n) is 3.99. The van der Waals surface area contributed by atoms with Crippen LogP contribution in [0.2, 0.25) is 0 Å². The average molecular weight is 331 g/mol. The van der Waals surface area contributed by atoms with Crippen LogP contribution in [0.25, 0.3) is 0 Å². The molecule has 4 heteroatoms. The van der Waals surface area contributed by atoms with E-state index < -0.39 is 0 Å². The Hall–Kier alpha value is -3.14. The van der Waals surface area contributed by atoms with Gasteiger partial charge >= 0.3 is 6.03 Å². The fraction of sp³-hybridized carbons (Fsp3) is 0.143. The highest BCUT2D eigenvalue weighted by Crippen LogP contribution is 2.22. The molecule has 2 aromatic carbocycles. The van der Waals surface area contributed by atoms with E-state index in [1.807, 2.05) is 54.6 Å². The Morgan fingerprint density at radius 1 is 0.960 bits per heavy atom. The normalized spacial score (nSPS) is 11.6. The molecule has 1 unspecified atom stereocenters. The van der Waals surface area contributed by atoms with Crippen molar-refractivity contribution in [2.75, 3.05) is 0 Å². The number of urea groups is 1. The van der Waals surface area contributed by atoms with Gasteiger partial charge in [0.1, 0.15) is 0 Å². The molecule has 1 atom stereocenters. The van der Waals surface area contributed by atoms with Gasteiger partial charge in [0.2, 0.25) is 0 Å². The molecule has 0 aliphatic carbocycles. The van der Waals surface area contributed by atoms with Crippen LogP contribution in [0.4, 0.5) is 4.79 Å². The zero-order valence-corrected chi connectivity index (χ0v) is 14.1. The number of pyridine rings is 1. The number of carbonyl (C=O) groups excluding carboxylic acids is 1. The SMILES string of the molecule is Cc1ccc(C(NC(=O)NCc2cccnc2)c2ccccc2)cc1. The van der Waals surface area contributed by atoms with Crippen LogP contribution in [-0.4, -0.2) is 11.0 Å². The Morgan fingerprint density at radius 2 is 1.68 bits per heavy atom. The lowest BCUT2D eigenvalue weighted by molar-refractivity contribution is 0.238. The molecular weight excluding hydrogens is 310 g/mol. The summed E-state index contributed by atoms with van der Waals surface area (Å²) < 4.78 is 0. The first-order chi connectivity index (χ1) is 12.2. The number of rotatable bonds is 5. The van der Waals surface area contributed by atoms with E-state index in [2.05, 4.69) is 34.7 Å². The maximum absolute atomic E-state index is 12.4. The summed E-state index contributed by atoms with van der Waals surface area (Å²) in [6.07, 6.45) is 3.46. The van der Waals surface area contributed by atoms with Gasteiger partial charge in [-0.15, -0.1) is 0 Å². The van der Waals surface area contributed by atoms with Crippen LogP contribution in [-0.2, 0) is 6.54 Å². The molecule has 0 radical (unpaired) electrons. The lowest BCUT2D eigenvalue weighted by atomic mass is 9.98. The molecule has 0 fully saturated rings. The summed E-state index contributed by atoms with van der Waals surface area (Å²) in [4.78, 5) is 16.5. The van der Waals surface area contributed by atoms with Crippen molar-refractivity contribution in [3.05, 3.63) is 101 Å². The van der Waals surface area contributed by atoms with Gasteiger partial charge in [0, 0.05) is 18.9 Å². The van der Waals surface area contributed by atoms with Gasteiger partial charge in [-0.1, -0.05) is 66.2 Å². The lowest BCUT2D eigenvalue weighted by Gasteiger charge is -2.20. The Balaban J connectivity index is 1.73. The highest BCUT2D eigenvalue weighted by Gasteiger charge is 2.16. The summed E-state index contributed by atoms with van der Waals surface area (Å²) >= 11 is 0. The van der Waals surface area contributed by atoms with Crippen molar-refractivity contribution in [1.29, 1.82) is 0 Å². The minimum absolute atomic E-state index is 0.198. The van der Waals surface area contributed by atoms with Crippen LogP contribution in [0.15, 0.2) is 79.1 Å². The van der Waals surface area contributed by atoms with Gasteiger partial charge in [-0.3, -0.25) is 4.98 Å². The predicted molar refractivity (Wildman–Crippen MR) is 99.1 cm³/mol. The van der Waals surface area contributed by atoms with E-state index >= 15 is 0 Å². The molecule has 126 valence electrons. The fourth-order valence-corrected chi connectivity index (χ4v) is 2.63. The van der Waals surface area contributed by atoms with Crippen molar-refractivity contribution in [1.82, 2.24) is 15.6 Å². The molecule has 0 saturated carbocycles. The first-order valence-electron chi connectivity index (χ1n) is 8.27. The van der Waals surface area contributed by atoms with E-state index in [-0.39, 0.29) is 12.1 Å². The lowest BCUT2D eigenvalue weighted by Crippen LogP contribution is -2.38. The van der Waals surface area contributed by atoms with E-state index in [4.69, 9.17) is 0 Å². The monoisotopic (exact) mass is 331 g/mol. The molecule has 0 aliphatic heterocycles. The first-order valence-corrected chi connectivity index (χ1v) is 8.27. The largest absolute Gasteiger partial charge is 0.334 e. The summed E-state index contributed by atoms with van der Waals surface area (Å²) in [7, 11) is 0. The number of hydrogen-bond acceptors (Lipinski definition) is 2. The molecule has 0 aliphatic rings. The summed E-state index contributed by atoms with van der Waals surface area (Å²) in [6.45, 7) is 2.49. The molecule has 0 saturated heterocycles. The van der Waals surface area contributed by atoms with Crippen molar-refractivity contribution >= 4 is 6.03 Å². The maximum atomic E-state index is 12.4. The summed E-state index contributed by atoms with van der Waals surface area (Å²) in [5.41, 5.74) is 4.25. The molecule has 2 N–H and O–H groups in total. The van der Waals surface area contributed by atoms with Gasteiger partial charge in [0.05, 0.1) is 6.04 Å². The maximum Gasteiger partial charge on any atom is 0.315 e. The van der Waals surface area contributed by atoms with E-state index in [9.17, 15) is 4.79 Å². The highest BCUT2D eigenvalue weighted by molar-refractivity contribution is 5.75. The Kier molecular flexibility index (Phi) is 5.42. The van der Waals surface area contributed by atoms with E-state index in [1.54, 1.807) is 12.4 Å². The summed E-state index contributed by atoms with van der Waals surface area (Å²) in [5.74, 6) is 0. The van der Waals surface area contributed by atoms with Crippen LogP contribution in [0.5, 0.6) is 0 Å². The number of carbonyl (C=O) groups is 1. The predicted octanol–water partition coefficient (Wildman–Crippen LogP) is 3.98. The zero-order valence-electron chi connectivity index (χ0n) is 14.1. The number of aryl methyl sites for hydroxylation is 1. The van der Waals surface area contributed by atoms with Crippen molar-refractivity contribution in [2.45, 2.75) is 19.5 Å². The highest BCUT2D eigenvalue weighted by atomic mass is 16.2. The van der Waals surface area contributed by atoms with Gasteiger partial charge in [-0.25, -0.2) is 4.79 Å². The summed E-state index contributed by atoms with van der Waals surface area (Å²) in [5, 5.41) is 5.96. The molecule has 25 heavy (non-hydrogen) atoms. The molecule has 3 aromatic rings. The molecule has 1 aromatic heterocycles. The molecular formula is C21H21N3O. The van der Waals surface area contributed by atoms with Crippen LogP contribution < -0.4 is 10.6 Å². The number of nitrogens with one attached hydrogen (secondary N) is 2. The van der Waals surface area contributed by atoms with Gasteiger partial charge < -0.3 is 10.6 Å². The number of amides is 2. The molecule has 1 heterocycles. The van der Waals surface area contributed by atoms with Crippen molar-refractivity contribution < 1.29 is 4.79 Å².